The van der Waals surface area contributed by atoms with Gasteiger partial charge in [0.15, 0.2) is 5.16 Å². The van der Waals surface area contributed by atoms with E-state index in [2.05, 4.69) is 15.5 Å². The first-order valence-electron chi connectivity index (χ1n) is 11.5. The van der Waals surface area contributed by atoms with Gasteiger partial charge in [-0.15, -0.1) is 10.2 Å². The number of aryl methyl sites for hydroxylation is 2. The summed E-state index contributed by atoms with van der Waals surface area (Å²) in [6.45, 7) is 5.74. The van der Waals surface area contributed by atoms with Crippen LogP contribution in [0.15, 0.2) is 76.7 Å². The Morgan fingerprint density at radius 1 is 1.00 bits per heavy atom. The largest absolute Gasteiger partial charge is 0.495 e. The number of nitrogens with zero attached hydrogens (tertiary/aromatic N) is 4. The Kier molecular flexibility index (Phi) is 6.24. The molecular formula is C27H25N5O3S. The van der Waals surface area contributed by atoms with E-state index < -0.39 is 5.25 Å². The molecule has 0 fully saturated rings. The number of rotatable bonds is 6. The van der Waals surface area contributed by atoms with E-state index in [1.54, 1.807) is 13.2 Å². The summed E-state index contributed by atoms with van der Waals surface area (Å²) in [5, 5.41) is 12.3. The average Bonchev–Trinajstić information content (AvgIpc) is 3.27. The Morgan fingerprint density at radius 3 is 2.56 bits per heavy atom. The molecule has 0 radical (unpaired) electrons. The van der Waals surface area contributed by atoms with Crippen molar-refractivity contribution in [2.75, 3.05) is 12.4 Å². The first-order valence-corrected chi connectivity index (χ1v) is 12.3. The van der Waals surface area contributed by atoms with Crippen LogP contribution in [0.3, 0.4) is 0 Å². The van der Waals surface area contributed by atoms with Crippen molar-refractivity contribution in [3.63, 3.8) is 0 Å². The molecule has 0 aliphatic heterocycles. The molecular weight excluding hydrogens is 474 g/mol. The van der Waals surface area contributed by atoms with E-state index in [1.165, 1.54) is 16.3 Å². The summed E-state index contributed by atoms with van der Waals surface area (Å²) in [4.78, 5) is 26.6. The van der Waals surface area contributed by atoms with Crippen LogP contribution >= 0.6 is 11.8 Å². The molecule has 0 aliphatic rings. The summed E-state index contributed by atoms with van der Waals surface area (Å²) in [6.07, 6.45) is 0. The van der Waals surface area contributed by atoms with Crippen LogP contribution in [0.1, 0.15) is 18.1 Å². The highest BCUT2D eigenvalue weighted by atomic mass is 32.2. The quantitative estimate of drug-likeness (QED) is 0.338. The van der Waals surface area contributed by atoms with Gasteiger partial charge in [0.1, 0.15) is 5.75 Å². The second kappa shape index (κ2) is 9.50. The fourth-order valence-electron chi connectivity index (χ4n) is 4.13. The predicted octanol–water partition coefficient (Wildman–Crippen LogP) is 4.78. The van der Waals surface area contributed by atoms with Crippen molar-refractivity contribution in [3.05, 3.63) is 88.2 Å². The van der Waals surface area contributed by atoms with E-state index in [0.717, 1.165) is 16.8 Å². The van der Waals surface area contributed by atoms with Crippen LogP contribution in [0.5, 0.6) is 5.75 Å². The summed E-state index contributed by atoms with van der Waals surface area (Å²) in [7, 11) is 1.57. The molecule has 1 unspecified atom stereocenters. The highest BCUT2D eigenvalue weighted by Crippen LogP contribution is 2.29. The second-order valence-electron chi connectivity index (χ2n) is 8.57. The molecule has 1 amide bonds. The Balaban J connectivity index is 1.63. The van der Waals surface area contributed by atoms with Crippen LogP contribution in [0.25, 0.3) is 22.4 Å². The number of carbonyl (C=O) groups is 1. The monoisotopic (exact) mass is 499 g/mol. The smallest absolute Gasteiger partial charge is 0.267 e. The molecule has 0 saturated heterocycles. The van der Waals surface area contributed by atoms with Crippen LogP contribution in [0.4, 0.5) is 5.69 Å². The van der Waals surface area contributed by atoms with Gasteiger partial charge in [-0.2, -0.15) is 0 Å². The molecule has 5 rings (SSSR count). The van der Waals surface area contributed by atoms with Gasteiger partial charge in [-0.05, 0) is 68.3 Å². The number of nitrogens with one attached hydrogen (secondary N) is 1. The maximum absolute atomic E-state index is 13.6. The van der Waals surface area contributed by atoms with Crippen LogP contribution in [0, 0.1) is 13.8 Å². The topological polar surface area (TPSA) is 90.5 Å². The van der Waals surface area contributed by atoms with Crippen LogP contribution in [-0.4, -0.2) is 37.4 Å². The molecule has 0 aliphatic carbocycles. The fraction of sp³-hybridized carbons (Fsp3) is 0.185. The van der Waals surface area contributed by atoms with Gasteiger partial charge in [0.05, 0.1) is 29.0 Å². The Labute approximate surface area is 211 Å². The SMILES string of the molecule is COc1ccc(C)cc1-n1c(=O)c2ccccc2n2c(SC(C)C(=O)Nc3cccc(C)c3)nnc12. The Morgan fingerprint density at radius 2 is 1.78 bits per heavy atom. The number of fused-ring (bicyclic) bond motifs is 3. The van der Waals surface area contributed by atoms with E-state index >= 15 is 0 Å². The molecule has 1 N–H and O–H groups in total. The molecule has 182 valence electrons. The maximum Gasteiger partial charge on any atom is 0.267 e. The van der Waals surface area contributed by atoms with E-state index in [1.807, 2.05) is 85.8 Å². The number of hydrogen-bond donors (Lipinski definition) is 1. The average molecular weight is 500 g/mol. The third kappa shape index (κ3) is 4.22. The Hall–Kier alpha value is -4.11. The number of aromatic nitrogens is 4. The zero-order valence-electron chi connectivity index (χ0n) is 20.4. The number of carbonyl (C=O) groups excluding carboxylic acids is 1. The van der Waals surface area contributed by atoms with E-state index in [-0.39, 0.29) is 11.5 Å². The van der Waals surface area contributed by atoms with Crippen LogP contribution in [0.2, 0.25) is 0 Å². The molecule has 8 nitrogen and oxygen atoms in total. The van der Waals surface area contributed by atoms with E-state index in [4.69, 9.17) is 4.74 Å². The minimum atomic E-state index is -0.467. The van der Waals surface area contributed by atoms with Gasteiger partial charge >= 0.3 is 0 Å². The zero-order chi connectivity index (χ0) is 25.4. The maximum atomic E-state index is 13.6. The lowest BCUT2D eigenvalue weighted by molar-refractivity contribution is -0.115. The number of thioether (sulfide) groups is 1. The Bertz CT molecular complexity index is 1670. The highest BCUT2D eigenvalue weighted by Gasteiger charge is 2.23. The first kappa shape index (κ1) is 23.6. The van der Waals surface area contributed by atoms with Crippen molar-refractivity contribution >= 4 is 40.0 Å². The number of para-hydroxylation sites is 1. The molecule has 9 heteroatoms. The number of amides is 1. The van der Waals surface area contributed by atoms with Crippen molar-refractivity contribution in [1.29, 1.82) is 0 Å². The molecule has 0 spiro atoms. The van der Waals surface area contributed by atoms with Gasteiger partial charge in [0.25, 0.3) is 5.56 Å². The fourth-order valence-corrected chi connectivity index (χ4v) is 4.98. The third-order valence-corrected chi connectivity index (χ3v) is 6.95. The minimum Gasteiger partial charge on any atom is -0.495 e. The summed E-state index contributed by atoms with van der Waals surface area (Å²) < 4.78 is 8.90. The number of hydrogen-bond acceptors (Lipinski definition) is 6. The van der Waals surface area contributed by atoms with E-state index in [0.29, 0.717) is 33.3 Å². The van der Waals surface area contributed by atoms with Crippen molar-refractivity contribution in [3.8, 4) is 11.4 Å². The molecule has 0 saturated carbocycles. The molecule has 36 heavy (non-hydrogen) atoms. The van der Waals surface area contributed by atoms with Gasteiger partial charge in [-0.1, -0.05) is 42.1 Å². The number of methoxy groups -OCH3 is 1. The highest BCUT2D eigenvalue weighted by molar-refractivity contribution is 8.00. The molecule has 3 aromatic carbocycles. The van der Waals surface area contributed by atoms with Gasteiger partial charge < -0.3 is 10.1 Å². The minimum absolute atomic E-state index is 0.152. The van der Waals surface area contributed by atoms with Crippen molar-refractivity contribution in [2.45, 2.75) is 31.2 Å². The van der Waals surface area contributed by atoms with E-state index in [9.17, 15) is 9.59 Å². The molecule has 2 heterocycles. The number of ether oxygens (including phenoxy) is 1. The summed E-state index contributed by atoms with van der Waals surface area (Å²) in [5.74, 6) is 0.736. The van der Waals surface area contributed by atoms with Gasteiger partial charge in [-0.25, -0.2) is 4.57 Å². The lowest BCUT2D eigenvalue weighted by Gasteiger charge is -2.15. The lowest BCUT2D eigenvalue weighted by Crippen LogP contribution is -2.24. The standard InChI is InChI=1S/C27H25N5O3S/c1-16-8-7-9-19(14-16)28-24(33)18(3)36-27-30-29-26-31(22-15-17(2)12-13-23(22)35-4)25(34)20-10-5-6-11-21(20)32(26)27/h5-15,18H,1-4H3,(H,28,33). The summed E-state index contributed by atoms with van der Waals surface area (Å²) >= 11 is 1.28. The van der Waals surface area contributed by atoms with Crippen molar-refractivity contribution in [2.24, 2.45) is 0 Å². The predicted molar refractivity (Wildman–Crippen MR) is 143 cm³/mol. The van der Waals surface area contributed by atoms with Crippen LogP contribution in [-0.2, 0) is 4.79 Å². The number of anilines is 1. The lowest BCUT2D eigenvalue weighted by atomic mass is 10.2. The molecule has 5 aromatic rings. The third-order valence-electron chi connectivity index (χ3n) is 5.91. The zero-order valence-corrected chi connectivity index (χ0v) is 21.2. The number of benzene rings is 3. The molecule has 2 aromatic heterocycles. The van der Waals surface area contributed by atoms with Crippen molar-refractivity contribution in [1.82, 2.24) is 19.2 Å². The van der Waals surface area contributed by atoms with Gasteiger partial charge in [0, 0.05) is 5.69 Å². The first-order chi connectivity index (χ1) is 17.4. The summed E-state index contributed by atoms with van der Waals surface area (Å²) in [6, 6.07) is 20.6. The van der Waals surface area contributed by atoms with Crippen LogP contribution < -0.4 is 15.6 Å². The summed E-state index contributed by atoms with van der Waals surface area (Å²) in [5.41, 5.74) is 3.79. The molecule has 0 bridgehead atoms. The second-order valence-corrected chi connectivity index (χ2v) is 9.88. The van der Waals surface area contributed by atoms with Crippen molar-refractivity contribution < 1.29 is 9.53 Å². The normalized spacial score (nSPS) is 12.1. The van der Waals surface area contributed by atoms with Gasteiger partial charge in [-0.3, -0.25) is 14.0 Å². The molecule has 1 atom stereocenters. The van der Waals surface area contributed by atoms with Gasteiger partial charge in [0.2, 0.25) is 11.7 Å².